The van der Waals surface area contributed by atoms with Gasteiger partial charge >= 0.3 is 0 Å². The number of nitrogens with zero attached hydrogens (tertiary/aromatic N) is 3. The van der Waals surface area contributed by atoms with Gasteiger partial charge in [-0.15, -0.1) is 11.3 Å². The second-order valence-electron chi connectivity index (χ2n) is 9.10. The number of nitrogens with one attached hydrogen (secondary N) is 1. The molecule has 1 saturated heterocycles. The monoisotopic (exact) mass is 438 g/mol. The summed E-state index contributed by atoms with van der Waals surface area (Å²) in [5, 5.41) is 14.6. The van der Waals surface area contributed by atoms with Crippen LogP contribution in [0, 0.1) is 5.92 Å². The van der Waals surface area contributed by atoms with Gasteiger partial charge in [0.2, 0.25) is 5.91 Å². The zero-order chi connectivity index (χ0) is 21.2. The summed E-state index contributed by atoms with van der Waals surface area (Å²) in [6.07, 6.45) is 3.89. The molecular formula is C23H26N4O3S. The van der Waals surface area contributed by atoms with Crippen LogP contribution in [0.1, 0.15) is 35.1 Å². The second kappa shape index (κ2) is 7.05. The number of amides is 1. The zero-order valence-electron chi connectivity index (χ0n) is 17.5. The Labute approximate surface area is 184 Å². The number of fused-ring (bicyclic) bond motifs is 4. The van der Waals surface area contributed by atoms with Crippen LogP contribution in [0.3, 0.4) is 0 Å². The Morgan fingerprint density at radius 3 is 2.87 bits per heavy atom. The molecule has 0 bridgehead atoms. The summed E-state index contributed by atoms with van der Waals surface area (Å²) >= 11 is 1.64. The Kier molecular flexibility index (Phi) is 4.38. The van der Waals surface area contributed by atoms with Gasteiger partial charge in [0.15, 0.2) is 0 Å². The van der Waals surface area contributed by atoms with E-state index in [0.717, 1.165) is 54.4 Å². The highest BCUT2D eigenvalue weighted by Crippen LogP contribution is 2.50. The van der Waals surface area contributed by atoms with Gasteiger partial charge in [-0.3, -0.25) is 9.69 Å². The number of H-pyrrole nitrogens is 1. The number of aromatic nitrogens is 2. The van der Waals surface area contributed by atoms with Crippen LogP contribution in [0.4, 0.5) is 0 Å². The summed E-state index contributed by atoms with van der Waals surface area (Å²) in [6, 6.07) is 6.00. The molecule has 2 aromatic heterocycles. The topological polar surface area (TPSA) is 81.7 Å². The third-order valence-corrected chi connectivity index (χ3v) is 7.83. The molecular weight excluding hydrogens is 412 g/mol. The Morgan fingerprint density at radius 2 is 2.19 bits per heavy atom. The van der Waals surface area contributed by atoms with Gasteiger partial charge < -0.3 is 19.7 Å². The summed E-state index contributed by atoms with van der Waals surface area (Å²) in [6.45, 7) is 3.00. The molecule has 1 amide bonds. The van der Waals surface area contributed by atoms with Gasteiger partial charge in [0.25, 0.3) is 0 Å². The number of aliphatic hydroxyl groups is 1. The lowest BCUT2D eigenvalue weighted by molar-refractivity contribution is -0.142. The molecule has 1 spiro atoms. The SMILES string of the molecule is COc1ccc2c3c([nH]c2c1)[C@@H](CO)N(Cc1nccs1)CC31CN(C(=O)C2CC2)C1. The first-order valence-corrected chi connectivity index (χ1v) is 11.7. The smallest absolute Gasteiger partial charge is 0.225 e. The van der Waals surface area contributed by atoms with Crippen LogP contribution in [0.5, 0.6) is 5.75 Å². The molecule has 1 aromatic carbocycles. The first-order valence-electron chi connectivity index (χ1n) is 10.8. The third kappa shape index (κ3) is 3.00. The van der Waals surface area contributed by atoms with Crippen molar-refractivity contribution in [1.29, 1.82) is 0 Å². The van der Waals surface area contributed by atoms with E-state index in [-0.39, 0.29) is 24.0 Å². The molecule has 8 heteroatoms. The molecule has 2 N–H and O–H groups in total. The number of methoxy groups -OCH3 is 1. The van der Waals surface area contributed by atoms with Gasteiger partial charge in [0, 0.05) is 65.2 Å². The van der Waals surface area contributed by atoms with E-state index >= 15 is 0 Å². The minimum atomic E-state index is -0.129. The number of hydrogen-bond donors (Lipinski definition) is 2. The van der Waals surface area contributed by atoms with Gasteiger partial charge in [-0.2, -0.15) is 0 Å². The Morgan fingerprint density at radius 1 is 1.35 bits per heavy atom. The van der Waals surface area contributed by atoms with Crippen molar-refractivity contribution in [3.63, 3.8) is 0 Å². The predicted octanol–water partition coefficient (Wildman–Crippen LogP) is 2.67. The van der Waals surface area contributed by atoms with Gasteiger partial charge in [-0.25, -0.2) is 4.98 Å². The molecule has 1 saturated carbocycles. The molecule has 31 heavy (non-hydrogen) atoms. The van der Waals surface area contributed by atoms with Crippen LogP contribution < -0.4 is 4.74 Å². The molecule has 1 atom stereocenters. The minimum Gasteiger partial charge on any atom is -0.497 e. The van der Waals surface area contributed by atoms with E-state index in [1.165, 1.54) is 10.9 Å². The van der Waals surface area contributed by atoms with Crippen molar-refractivity contribution in [2.24, 2.45) is 5.92 Å². The zero-order valence-corrected chi connectivity index (χ0v) is 18.3. The van der Waals surface area contributed by atoms with E-state index in [1.807, 2.05) is 28.6 Å². The Balaban J connectivity index is 1.43. The standard InChI is InChI=1S/C23H26N4O3S/c1-30-15-4-5-16-17(8-15)25-21-18(10-28)26(9-19-24-6-7-31-19)11-23(20(16)21)12-27(13-23)22(29)14-2-3-14/h4-8,14,18,25,28H,2-3,9-13H2,1H3/t18-/m1/s1. The summed E-state index contributed by atoms with van der Waals surface area (Å²) in [7, 11) is 1.67. The van der Waals surface area contributed by atoms with Crippen molar-refractivity contribution in [1.82, 2.24) is 19.8 Å². The highest BCUT2D eigenvalue weighted by Gasteiger charge is 2.55. The highest BCUT2D eigenvalue weighted by atomic mass is 32.1. The van der Waals surface area contributed by atoms with Crippen molar-refractivity contribution in [2.45, 2.75) is 30.8 Å². The van der Waals surface area contributed by atoms with Gasteiger partial charge in [0.05, 0.1) is 26.3 Å². The predicted molar refractivity (Wildman–Crippen MR) is 118 cm³/mol. The second-order valence-corrected chi connectivity index (χ2v) is 10.1. The molecule has 2 aliphatic heterocycles. The number of thiazole rings is 1. The maximum Gasteiger partial charge on any atom is 0.225 e. The number of aliphatic hydroxyl groups excluding tert-OH is 1. The molecule has 0 unspecified atom stereocenters. The van der Waals surface area contributed by atoms with Crippen LogP contribution in [0.25, 0.3) is 10.9 Å². The maximum absolute atomic E-state index is 12.7. The average molecular weight is 439 g/mol. The Bertz CT molecular complexity index is 1130. The molecule has 6 rings (SSSR count). The first kappa shape index (κ1) is 19.3. The van der Waals surface area contributed by atoms with Crippen molar-refractivity contribution in [3.8, 4) is 5.75 Å². The number of carbonyl (C=O) groups excluding carboxylic acids is 1. The largest absolute Gasteiger partial charge is 0.497 e. The lowest BCUT2D eigenvalue weighted by Crippen LogP contribution is -2.67. The van der Waals surface area contributed by atoms with Crippen LogP contribution in [0.15, 0.2) is 29.8 Å². The summed E-state index contributed by atoms with van der Waals surface area (Å²) < 4.78 is 5.43. The number of ether oxygens (including phenoxy) is 1. The number of hydrogen-bond acceptors (Lipinski definition) is 6. The molecule has 2 fully saturated rings. The van der Waals surface area contributed by atoms with E-state index in [9.17, 15) is 9.90 Å². The average Bonchev–Trinajstić information content (AvgIpc) is 3.35. The molecule has 3 aromatic rings. The fourth-order valence-corrected chi connectivity index (χ4v) is 6.11. The molecule has 1 aliphatic carbocycles. The molecule has 3 aliphatic rings. The van der Waals surface area contributed by atoms with Crippen LogP contribution >= 0.6 is 11.3 Å². The Hall–Kier alpha value is -2.42. The number of aromatic amines is 1. The summed E-state index contributed by atoms with van der Waals surface area (Å²) in [4.78, 5) is 25.1. The number of likely N-dealkylation sites (tertiary alicyclic amines) is 1. The number of carbonyl (C=O) groups is 1. The summed E-state index contributed by atoms with van der Waals surface area (Å²) in [5.41, 5.74) is 3.21. The molecule has 4 heterocycles. The normalized spacial score (nSPS) is 22.5. The van der Waals surface area contributed by atoms with E-state index in [4.69, 9.17) is 4.74 Å². The number of benzene rings is 1. The van der Waals surface area contributed by atoms with E-state index < -0.39 is 0 Å². The van der Waals surface area contributed by atoms with Gasteiger partial charge in [-0.05, 0) is 30.5 Å². The van der Waals surface area contributed by atoms with Crippen molar-refractivity contribution < 1.29 is 14.6 Å². The fraction of sp³-hybridized carbons (Fsp3) is 0.478. The minimum absolute atomic E-state index is 0.0309. The van der Waals surface area contributed by atoms with Crippen LogP contribution in [-0.4, -0.2) is 64.1 Å². The van der Waals surface area contributed by atoms with Gasteiger partial charge in [-0.1, -0.05) is 0 Å². The highest BCUT2D eigenvalue weighted by molar-refractivity contribution is 7.09. The molecule has 162 valence electrons. The van der Waals surface area contributed by atoms with E-state index in [1.54, 1.807) is 18.4 Å². The molecule has 7 nitrogen and oxygen atoms in total. The summed E-state index contributed by atoms with van der Waals surface area (Å²) in [5.74, 6) is 1.35. The van der Waals surface area contributed by atoms with E-state index in [0.29, 0.717) is 12.5 Å². The quantitative estimate of drug-likeness (QED) is 0.640. The lowest BCUT2D eigenvalue weighted by Gasteiger charge is -2.56. The molecule has 0 radical (unpaired) electrons. The lowest BCUT2D eigenvalue weighted by atomic mass is 9.68. The van der Waals surface area contributed by atoms with Crippen LogP contribution in [-0.2, 0) is 16.8 Å². The van der Waals surface area contributed by atoms with Gasteiger partial charge in [0.1, 0.15) is 10.8 Å². The van der Waals surface area contributed by atoms with Crippen molar-refractivity contribution in [2.75, 3.05) is 33.4 Å². The maximum atomic E-state index is 12.7. The van der Waals surface area contributed by atoms with E-state index in [2.05, 4.69) is 20.9 Å². The van der Waals surface area contributed by atoms with Crippen molar-refractivity contribution in [3.05, 3.63) is 46.0 Å². The number of rotatable bonds is 5. The van der Waals surface area contributed by atoms with Crippen molar-refractivity contribution >= 4 is 28.1 Å². The fourth-order valence-electron chi connectivity index (χ4n) is 5.47. The van der Waals surface area contributed by atoms with Crippen LogP contribution in [0.2, 0.25) is 0 Å². The third-order valence-electron chi connectivity index (χ3n) is 7.06. The first-order chi connectivity index (χ1) is 15.1.